The van der Waals surface area contributed by atoms with E-state index in [1.165, 1.54) is 35.0 Å². The van der Waals surface area contributed by atoms with Crippen molar-refractivity contribution in [2.24, 2.45) is 10.2 Å². The topological polar surface area (TPSA) is 242 Å². The largest absolute Gasteiger partial charge is 3.00 e. The summed E-state index contributed by atoms with van der Waals surface area (Å²) >= 11 is -2.59. The summed E-state index contributed by atoms with van der Waals surface area (Å²) in [7, 11) is -7.58. The van der Waals surface area contributed by atoms with E-state index >= 15 is 0 Å². The van der Waals surface area contributed by atoms with E-state index in [1.54, 1.807) is 36.4 Å². The predicted molar refractivity (Wildman–Crippen MR) is 169 cm³/mol. The molecule has 0 aliphatic heterocycles. The van der Waals surface area contributed by atoms with Crippen molar-refractivity contribution < 1.29 is 62.8 Å². The van der Waals surface area contributed by atoms with Crippen LogP contribution in [0.5, 0.6) is 0 Å². The number of hydrogen-bond donors (Lipinski definition) is 3. The van der Waals surface area contributed by atoms with Crippen LogP contribution in [0.25, 0.3) is 28.4 Å². The molecule has 48 heavy (non-hydrogen) atoms. The molecule has 242 valence electrons. The van der Waals surface area contributed by atoms with Crippen LogP contribution in [-0.2, 0) is 70.3 Å². The van der Waals surface area contributed by atoms with Gasteiger partial charge in [0.2, 0.25) is 21.5 Å². The third-order valence-electron chi connectivity index (χ3n) is 6.46. The molecule has 0 radical (unpaired) electrons. The summed E-state index contributed by atoms with van der Waals surface area (Å²) in [6.07, 6.45) is 1.57. The fourth-order valence-electron chi connectivity index (χ4n) is 4.42. The molecule has 21 heteroatoms. The average Bonchev–Trinajstić information content (AvgIpc) is 3.75. The van der Waals surface area contributed by atoms with Gasteiger partial charge in [-0.3, -0.25) is 18.8 Å². The molecule has 17 nitrogen and oxygen atoms in total. The zero-order valence-corrected chi connectivity index (χ0v) is 30.2. The monoisotopic (exact) mass is 784 g/mol. The molecule has 1 unspecified atom stereocenters. The Balaban J connectivity index is 0.00000451. The van der Waals surface area contributed by atoms with E-state index < -0.39 is 31.1 Å². The first-order chi connectivity index (χ1) is 22.4. The zero-order valence-electron chi connectivity index (χ0n) is 24.9. The number of nitrogens with zero attached hydrogens (tertiary/aromatic N) is 7. The maximum absolute atomic E-state index is 13.0. The van der Waals surface area contributed by atoms with Gasteiger partial charge in [-0.15, -0.1) is 10.2 Å². The van der Waals surface area contributed by atoms with Crippen molar-refractivity contribution in [1.29, 1.82) is 0 Å². The molecular weight excluding hydrogens is 761 g/mol. The number of nitrogens with one attached hydrogen (secondary N) is 3. The number of azo groups is 1. The van der Waals surface area contributed by atoms with Crippen LogP contribution in [-0.4, -0.2) is 61.8 Å². The van der Waals surface area contributed by atoms with Crippen LogP contribution < -0.4 is 9.44 Å². The number of fused-ring (bicyclic) bond motifs is 1. The Kier molecular flexibility index (Phi) is 10.3. The van der Waals surface area contributed by atoms with E-state index in [9.17, 15) is 25.6 Å². The molecule has 6 rings (SSSR count). The minimum Gasteiger partial charge on any atom is -0.768 e. The van der Waals surface area contributed by atoms with E-state index in [-0.39, 0.29) is 65.9 Å². The van der Waals surface area contributed by atoms with Crippen molar-refractivity contribution in [2.75, 3.05) is 15.7 Å². The van der Waals surface area contributed by atoms with Crippen LogP contribution in [0.15, 0.2) is 97.3 Å². The number of rotatable bonds is 11. The molecule has 0 saturated carbocycles. The summed E-state index contributed by atoms with van der Waals surface area (Å²) in [5.74, 6) is 0.419. The second-order valence-corrected chi connectivity index (χ2v) is 14.3. The summed E-state index contributed by atoms with van der Waals surface area (Å²) in [6, 6.07) is 17.6. The number of H-pyrrole nitrogens is 1. The SMILES string of the molecule is CCc1[nH]n2nc(-c3cccc(NS(=O)(=O)c4cccc(S(=O)[O-])c4)c3)nc2c1N=Nc1nc(-c2cccc(NS(C)(=O)=O)c2)no1.[Y+3]. The van der Waals surface area contributed by atoms with Crippen LogP contribution in [0.2, 0.25) is 0 Å². The standard InChI is InChI=1S/C27H24N10O7S3.Y/c1-3-22-23(30-31-27-29-25(34-44-27)17-8-5-9-18(14-17)35-46(2,40)41)26-28-24(33-37(26)32-22)16-7-4-10-19(13-16)36-47(42,43)21-12-6-11-20(15-21)45(38)39;/h4-15,32,35-36H,3H2,1-2H3,(H,38,39);/q;+3/p-1. The molecule has 3 aromatic heterocycles. The Hall–Kier alpha value is -4.21. The maximum Gasteiger partial charge on any atom is 3.00 e. The zero-order chi connectivity index (χ0) is 33.3. The Morgan fingerprint density at radius 2 is 1.58 bits per heavy atom. The van der Waals surface area contributed by atoms with E-state index in [1.807, 2.05) is 6.92 Å². The molecule has 0 saturated heterocycles. The third-order valence-corrected chi connectivity index (χ3v) is 9.08. The van der Waals surface area contributed by atoms with Crippen LogP contribution in [0.1, 0.15) is 12.6 Å². The first-order valence-electron chi connectivity index (χ1n) is 13.5. The van der Waals surface area contributed by atoms with Gasteiger partial charge in [-0.1, -0.05) is 47.5 Å². The first kappa shape index (κ1) is 35.1. The number of aryl methyl sites for hydroxylation is 1. The molecule has 0 spiro atoms. The average molecular weight is 785 g/mol. The molecule has 0 amide bonds. The van der Waals surface area contributed by atoms with Gasteiger partial charge in [0.25, 0.3) is 10.0 Å². The second-order valence-electron chi connectivity index (χ2n) is 9.91. The minimum atomic E-state index is -4.11. The van der Waals surface area contributed by atoms with Crippen molar-refractivity contribution >= 4 is 59.9 Å². The summed E-state index contributed by atoms with van der Waals surface area (Å²) in [5.41, 5.74) is 2.85. The van der Waals surface area contributed by atoms with E-state index in [0.717, 1.165) is 12.3 Å². The molecular formula is C27H23N10O7S3Y+2. The van der Waals surface area contributed by atoms with Crippen molar-refractivity contribution in [3.63, 3.8) is 0 Å². The van der Waals surface area contributed by atoms with E-state index in [0.29, 0.717) is 40.3 Å². The number of anilines is 2. The van der Waals surface area contributed by atoms with E-state index in [2.05, 4.69) is 45.0 Å². The maximum atomic E-state index is 13.0. The number of aromatic amines is 1. The number of aromatic nitrogens is 6. The summed E-state index contributed by atoms with van der Waals surface area (Å²) in [4.78, 5) is 8.43. The van der Waals surface area contributed by atoms with Crippen LogP contribution in [0.4, 0.5) is 23.1 Å². The van der Waals surface area contributed by atoms with Gasteiger partial charge in [-0.25, -0.2) is 21.8 Å². The van der Waals surface area contributed by atoms with Crippen molar-refractivity contribution in [2.45, 2.75) is 23.1 Å². The van der Waals surface area contributed by atoms with Crippen LogP contribution in [0.3, 0.4) is 0 Å². The smallest absolute Gasteiger partial charge is 0.768 e. The van der Waals surface area contributed by atoms with Gasteiger partial charge in [-0.2, -0.15) is 9.61 Å². The molecule has 3 heterocycles. The van der Waals surface area contributed by atoms with E-state index in [4.69, 9.17) is 4.52 Å². The molecule has 0 bridgehead atoms. The second kappa shape index (κ2) is 14.1. The first-order valence-corrected chi connectivity index (χ1v) is 18.0. The predicted octanol–water partition coefficient (Wildman–Crippen LogP) is 4.16. The molecule has 0 fully saturated rings. The van der Waals surface area contributed by atoms with Gasteiger partial charge in [0, 0.05) is 27.4 Å². The Labute approximate surface area is 300 Å². The summed E-state index contributed by atoms with van der Waals surface area (Å²) in [6.45, 7) is 1.90. The molecule has 3 aromatic carbocycles. The van der Waals surface area contributed by atoms with Crippen molar-refractivity contribution in [3.05, 3.63) is 78.5 Å². The molecule has 6 aromatic rings. The summed E-state index contributed by atoms with van der Waals surface area (Å²) in [5, 5.41) is 19.8. The van der Waals surface area contributed by atoms with Crippen LogP contribution in [0, 0.1) is 0 Å². The number of hydrogen-bond acceptors (Lipinski definition) is 13. The Bertz CT molecular complexity index is 2410. The normalized spacial score (nSPS) is 12.6. The third kappa shape index (κ3) is 7.91. The fraction of sp³-hybridized carbons (Fsp3) is 0.111. The van der Waals surface area contributed by atoms with Crippen LogP contribution >= 0.6 is 0 Å². The fourth-order valence-corrected chi connectivity index (χ4v) is 6.55. The quantitative estimate of drug-likeness (QED) is 0.124. The Morgan fingerprint density at radius 3 is 2.25 bits per heavy atom. The van der Waals surface area contributed by atoms with Gasteiger partial charge >= 0.3 is 38.7 Å². The number of sulfonamides is 2. The number of benzene rings is 3. The molecule has 3 N–H and O–H groups in total. The molecule has 0 aliphatic carbocycles. The molecule has 1 atom stereocenters. The molecule has 0 aliphatic rings. The van der Waals surface area contributed by atoms with Crippen molar-refractivity contribution in [3.8, 4) is 22.8 Å². The van der Waals surface area contributed by atoms with Gasteiger partial charge in [0.1, 0.15) is 0 Å². The van der Waals surface area contributed by atoms with Crippen molar-refractivity contribution in [1.82, 2.24) is 30.0 Å². The van der Waals surface area contributed by atoms with Gasteiger partial charge in [-0.05, 0) is 60.0 Å². The van der Waals surface area contributed by atoms with Gasteiger partial charge < -0.3 is 9.08 Å². The summed E-state index contributed by atoms with van der Waals surface area (Å²) < 4.78 is 83.1. The Morgan fingerprint density at radius 1 is 0.917 bits per heavy atom. The van der Waals surface area contributed by atoms with Gasteiger partial charge in [0.05, 0.1) is 16.8 Å². The minimum absolute atomic E-state index is 0. The van der Waals surface area contributed by atoms with Gasteiger partial charge in [0.15, 0.2) is 11.5 Å².